The van der Waals surface area contributed by atoms with Crippen molar-refractivity contribution in [2.45, 2.75) is 18.9 Å². The minimum atomic E-state index is -0.366. The molecule has 1 aromatic carbocycles. The van der Waals surface area contributed by atoms with Crippen LogP contribution in [0, 0.1) is 0 Å². The van der Waals surface area contributed by atoms with Gasteiger partial charge in [-0.05, 0) is 30.0 Å². The van der Waals surface area contributed by atoms with E-state index in [9.17, 15) is 0 Å². The van der Waals surface area contributed by atoms with Crippen LogP contribution in [0.4, 0.5) is 0 Å². The second-order valence-corrected chi connectivity index (χ2v) is 4.14. The number of hydrogen-bond donors (Lipinski definition) is 2. The molecule has 0 radical (unpaired) electrons. The van der Waals surface area contributed by atoms with Gasteiger partial charge in [-0.2, -0.15) is 0 Å². The number of ether oxygens (including phenoxy) is 1. The summed E-state index contributed by atoms with van der Waals surface area (Å²) in [6.45, 7) is 0.647. The zero-order valence-electron chi connectivity index (χ0n) is 8.37. The van der Waals surface area contributed by atoms with E-state index in [4.69, 9.17) is 27.2 Å². The first kappa shape index (κ1) is 10.7. The van der Waals surface area contributed by atoms with Crippen molar-refractivity contribution < 1.29 is 9.84 Å². The minimum absolute atomic E-state index is 0.0734. The highest BCUT2D eigenvalue weighted by molar-refractivity contribution is 6.32. The van der Waals surface area contributed by atoms with Crippen LogP contribution in [0.15, 0.2) is 12.1 Å². The number of aryl methyl sites for hydroxylation is 1. The van der Waals surface area contributed by atoms with Gasteiger partial charge in [0, 0.05) is 0 Å². The van der Waals surface area contributed by atoms with Gasteiger partial charge in [0.15, 0.2) is 0 Å². The minimum Gasteiger partial charge on any atom is -0.492 e. The standard InChI is InChI=1S/C11H14ClNO2/c12-9-5-8(10(13)6-14)4-7-2-1-3-15-11(7)9/h4-5,10,14H,1-3,6,13H2. The van der Waals surface area contributed by atoms with Crippen LogP contribution in [0.5, 0.6) is 5.75 Å². The molecule has 3 nitrogen and oxygen atoms in total. The molecule has 0 amide bonds. The third-order valence-electron chi connectivity index (χ3n) is 2.60. The molecule has 82 valence electrons. The SMILES string of the molecule is NC(CO)c1cc(Cl)c2c(c1)CCCO2. The first-order valence-corrected chi connectivity index (χ1v) is 5.41. The third kappa shape index (κ3) is 2.09. The van der Waals surface area contributed by atoms with E-state index in [0.29, 0.717) is 5.02 Å². The highest BCUT2D eigenvalue weighted by Crippen LogP contribution is 2.35. The Labute approximate surface area is 93.8 Å². The fourth-order valence-electron chi connectivity index (χ4n) is 1.78. The van der Waals surface area contributed by atoms with E-state index >= 15 is 0 Å². The van der Waals surface area contributed by atoms with Crippen molar-refractivity contribution in [3.63, 3.8) is 0 Å². The summed E-state index contributed by atoms with van der Waals surface area (Å²) >= 11 is 6.09. The Kier molecular flexibility index (Phi) is 3.14. The molecule has 3 N–H and O–H groups in total. The first-order chi connectivity index (χ1) is 7.22. The Morgan fingerprint density at radius 2 is 2.33 bits per heavy atom. The zero-order chi connectivity index (χ0) is 10.8. The maximum Gasteiger partial charge on any atom is 0.141 e. The maximum absolute atomic E-state index is 8.98. The van der Waals surface area contributed by atoms with Crippen LogP contribution in [0.3, 0.4) is 0 Å². The predicted molar refractivity (Wildman–Crippen MR) is 59.3 cm³/mol. The summed E-state index contributed by atoms with van der Waals surface area (Å²) in [7, 11) is 0. The van der Waals surface area contributed by atoms with Crippen molar-refractivity contribution in [1.82, 2.24) is 0 Å². The van der Waals surface area contributed by atoms with Crippen molar-refractivity contribution in [3.05, 3.63) is 28.3 Å². The molecule has 1 atom stereocenters. The summed E-state index contributed by atoms with van der Waals surface area (Å²) in [6, 6.07) is 3.38. The predicted octanol–water partition coefficient (Wildman–Crippen LogP) is 1.66. The van der Waals surface area contributed by atoms with Crippen molar-refractivity contribution >= 4 is 11.6 Å². The van der Waals surface area contributed by atoms with Crippen LogP contribution >= 0.6 is 11.6 Å². The molecule has 2 rings (SSSR count). The summed E-state index contributed by atoms with van der Waals surface area (Å²) in [5.41, 5.74) is 7.70. The summed E-state index contributed by atoms with van der Waals surface area (Å²) in [5, 5.41) is 9.57. The van der Waals surface area contributed by atoms with Crippen LogP contribution in [-0.2, 0) is 6.42 Å². The van der Waals surface area contributed by atoms with Crippen molar-refractivity contribution in [2.75, 3.05) is 13.2 Å². The van der Waals surface area contributed by atoms with Gasteiger partial charge in [0.2, 0.25) is 0 Å². The van der Waals surface area contributed by atoms with E-state index in [1.165, 1.54) is 0 Å². The largest absolute Gasteiger partial charge is 0.492 e. The Morgan fingerprint density at radius 1 is 1.53 bits per heavy atom. The second kappa shape index (κ2) is 4.39. The lowest BCUT2D eigenvalue weighted by atomic mass is 10.00. The summed E-state index contributed by atoms with van der Waals surface area (Å²) in [6.07, 6.45) is 1.96. The average molecular weight is 228 g/mol. The molecule has 1 aliphatic rings. The lowest BCUT2D eigenvalue weighted by molar-refractivity contribution is 0.267. The van der Waals surface area contributed by atoms with Gasteiger partial charge in [-0.25, -0.2) is 0 Å². The molecule has 0 fully saturated rings. The topological polar surface area (TPSA) is 55.5 Å². The van der Waals surface area contributed by atoms with Crippen LogP contribution in [-0.4, -0.2) is 18.3 Å². The van der Waals surface area contributed by atoms with E-state index in [0.717, 1.165) is 36.3 Å². The van der Waals surface area contributed by atoms with Crippen LogP contribution in [0.25, 0.3) is 0 Å². The van der Waals surface area contributed by atoms with E-state index in [1.54, 1.807) is 6.07 Å². The number of halogens is 1. The number of nitrogens with two attached hydrogens (primary N) is 1. The van der Waals surface area contributed by atoms with Crippen molar-refractivity contribution in [2.24, 2.45) is 5.73 Å². The van der Waals surface area contributed by atoms with Gasteiger partial charge in [0.05, 0.1) is 24.3 Å². The fraction of sp³-hybridized carbons (Fsp3) is 0.455. The first-order valence-electron chi connectivity index (χ1n) is 5.04. The number of fused-ring (bicyclic) bond motifs is 1. The molecule has 4 heteroatoms. The smallest absolute Gasteiger partial charge is 0.141 e. The number of hydrogen-bond acceptors (Lipinski definition) is 3. The molecule has 0 spiro atoms. The molecular formula is C11H14ClNO2. The molecule has 1 unspecified atom stereocenters. The van der Waals surface area contributed by atoms with E-state index in [-0.39, 0.29) is 12.6 Å². The number of rotatable bonds is 2. The number of aliphatic hydroxyl groups is 1. The second-order valence-electron chi connectivity index (χ2n) is 3.73. The number of aliphatic hydroxyl groups excluding tert-OH is 1. The lowest BCUT2D eigenvalue weighted by Gasteiger charge is -2.20. The fourth-order valence-corrected chi connectivity index (χ4v) is 2.08. The molecule has 0 saturated carbocycles. The molecule has 0 bridgehead atoms. The van der Waals surface area contributed by atoms with Crippen molar-refractivity contribution in [1.29, 1.82) is 0 Å². The summed E-state index contributed by atoms with van der Waals surface area (Å²) < 4.78 is 5.49. The van der Waals surface area contributed by atoms with Gasteiger partial charge in [0.25, 0.3) is 0 Å². The Balaban J connectivity index is 2.40. The van der Waals surface area contributed by atoms with Crippen LogP contribution < -0.4 is 10.5 Å². The van der Waals surface area contributed by atoms with E-state index in [1.807, 2.05) is 6.07 Å². The monoisotopic (exact) mass is 227 g/mol. The lowest BCUT2D eigenvalue weighted by Crippen LogP contribution is -2.16. The number of benzene rings is 1. The maximum atomic E-state index is 8.98. The Morgan fingerprint density at radius 3 is 3.07 bits per heavy atom. The quantitative estimate of drug-likeness (QED) is 0.808. The van der Waals surface area contributed by atoms with Gasteiger partial charge >= 0.3 is 0 Å². The molecule has 1 aliphatic heterocycles. The van der Waals surface area contributed by atoms with Gasteiger partial charge in [-0.3, -0.25) is 0 Å². The van der Waals surface area contributed by atoms with E-state index < -0.39 is 0 Å². The molecule has 0 saturated heterocycles. The highest BCUT2D eigenvalue weighted by Gasteiger charge is 2.17. The van der Waals surface area contributed by atoms with Gasteiger partial charge in [-0.15, -0.1) is 0 Å². The van der Waals surface area contributed by atoms with Gasteiger partial charge in [0.1, 0.15) is 5.75 Å². The average Bonchev–Trinajstić information content (AvgIpc) is 2.28. The molecule has 1 aromatic rings. The third-order valence-corrected chi connectivity index (χ3v) is 2.89. The highest BCUT2D eigenvalue weighted by atomic mass is 35.5. The van der Waals surface area contributed by atoms with Crippen LogP contribution in [0.1, 0.15) is 23.6 Å². The Bertz CT molecular complexity index is 368. The zero-order valence-corrected chi connectivity index (χ0v) is 9.13. The Hall–Kier alpha value is -0.770. The molecule has 15 heavy (non-hydrogen) atoms. The molecule has 1 heterocycles. The molecular weight excluding hydrogens is 214 g/mol. The summed E-state index contributed by atoms with van der Waals surface area (Å²) in [5.74, 6) is 0.775. The van der Waals surface area contributed by atoms with Crippen LogP contribution in [0.2, 0.25) is 5.02 Å². The van der Waals surface area contributed by atoms with Crippen molar-refractivity contribution in [3.8, 4) is 5.75 Å². The van der Waals surface area contributed by atoms with E-state index in [2.05, 4.69) is 0 Å². The summed E-state index contributed by atoms with van der Waals surface area (Å²) in [4.78, 5) is 0. The van der Waals surface area contributed by atoms with Gasteiger partial charge in [-0.1, -0.05) is 17.7 Å². The normalized spacial score (nSPS) is 16.7. The van der Waals surface area contributed by atoms with Gasteiger partial charge < -0.3 is 15.6 Å². The molecule has 0 aromatic heterocycles. The molecule has 0 aliphatic carbocycles.